The zero-order valence-corrected chi connectivity index (χ0v) is 9.70. The molecule has 1 heterocycles. The minimum Gasteiger partial charge on any atom is -0.328 e. The monoisotopic (exact) mass is 214 g/mol. The molecule has 15 heavy (non-hydrogen) atoms. The highest BCUT2D eigenvalue weighted by Gasteiger charge is 2.27. The van der Waals surface area contributed by atoms with E-state index in [4.69, 9.17) is 5.73 Å². The first kappa shape index (κ1) is 12.3. The number of nitrogens with one attached hydrogen (secondary N) is 1. The summed E-state index contributed by atoms with van der Waals surface area (Å²) in [7, 11) is 0. The number of hydrogen-bond donors (Lipinski definition) is 2. The van der Waals surface area contributed by atoms with E-state index < -0.39 is 0 Å². The summed E-state index contributed by atoms with van der Waals surface area (Å²) < 4.78 is 0. The predicted octanol–water partition coefficient (Wildman–Crippen LogP) is -0.319. The van der Waals surface area contributed by atoms with Gasteiger partial charge in [-0.25, -0.2) is 4.79 Å². The fraction of sp³-hybridized carbons (Fsp3) is 0.900. The van der Waals surface area contributed by atoms with Gasteiger partial charge in [0.2, 0.25) is 0 Å². The molecule has 1 rings (SSSR count). The molecule has 0 aromatic heterocycles. The summed E-state index contributed by atoms with van der Waals surface area (Å²) in [6.45, 7) is 8.49. The van der Waals surface area contributed by atoms with Crippen LogP contribution in [0.5, 0.6) is 0 Å². The average Bonchev–Trinajstić information content (AvgIpc) is 2.30. The molecule has 1 unspecified atom stereocenters. The standard InChI is InChI=1S/C10H22N4O/c1-3-13(4-2)10(15)14-6-5-12-8-9(14)7-11/h9,12H,3-8,11H2,1-2H3. The molecule has 1 aliphatic heterocycles. The summed E-state index contributed by atoms with van der Waals surface area (Å²) in [5.41, 5.74) is 5.66. The Balaban J connectivity index is 2.62. The van der Waals surface area contributed by atoms with Crippen molar-refractivity contribution < 1.29 is 4.79 Å². The first-order valence-corrected chi connectivity index (χ1v) is 5.70. The van der Waals surface area contributed by atoms with Gasteiger partial charge in [0, 0.05) is 39.3 Å². The quantitative estimate of drug-likeness (QED) is 0.677. The van der Waals surface area contributed by atoms with Crippen LogP contribution in [0.2, 0.25) is 0 Å². The van der Waals surface area contributed by atoms with E-state index in [0.29, 0.717) is 6.54 Å². The second kappa shape index (κ2) is 5.92. The van der Waals surface area contributed by atoms with Crippen molar-refractivity contribution in [2.75, 3.05) is 39.3 Å². The van der Waals surface area contributed by atoms with Gasteiger partial charge in [0.25, 0.3) is 0 Å². The third kappa shape index (κ3) is 2.82. The third-order valence-electron chi connectivity index (χ3n) is 2.90. The SMILES string of the molecule is CCN(CC)C(=O)N1CCNCC1CN. The van der Waals surface area contributed by atoms with Gasteiger partial charge in [-0.3, -0.25) is 0 Å². The molecule has 1 atom stereocenters. The van der Waals surface area contributed by atoms with E-state index in [9.17, 15) is 4.79 Å². The van der Waals surface area contributed by atoms with Crippen molar-refractivity contribution in [1.82, 2.24) is 15.1 Å². The number of rotatable bonds is 3. The minimum absolute atomic E-state index is 0.122. The topological polar surface area (TPSA) is 61.6 Å². The van der Waals surface area contributed by atoms with Crippen molar-refractivity contribution in [2.24, 2.45) is 5.73 Å². The summed E-state index contributed by atoms with van der Waals surface area (Å²) in [6.07, 6.45) is 0. The molecule has 0 aromatic carbocycles. The molecule has 0 radical (unpaired) electrons. The van der Waals surface area contributed by atoms with Gasteiger partial charge in [-0.05, 0) is 13.8 Å². The van der Waals surface area contributed by atoms with Gasteiger partial charge >= 0.3 is 6.03 Å². The van der Waals surface area contributed by atoms with Gasteiger partial charge in [0.1, 0.15) is 0 Å². The van der Waals surface area contributed by atoms with Crippen LogP contribution in [0, 0.1) is 0 Å². The molecule has 1 fully saturated rings. The van der Waals surface area contributed by atoms with Gasteiger partial charge in [0.05, 0.1) is 6.04 Å². The fourth-order valence-electron chi connectivity index (χ4n) is 1.90. The lowest BCUT2D eigenvalue weighted by Crippen LogP contribution is -2.59. The molecule has 2 amide bonds. The molecule has 1 aliphatic rings. The fourth-order valence-corrected chi connectivity index (χ4v) is 1.90. The lowest BCUT2D eigenvalue weighted by atomic mass is 10.2. The van der Waals surface area contributed by atoms with Gasteiger partial charge in [0.15, 0.2) is 0 Å². The van der Waals surface area contributed by atoms with Crippen molar-refractivity contribution in [2.45, 2.75) is 19.9 Å². The molecule has 3 N–H and O–H groups in total. The molecule has 5 nitrogen and oxygen atoms in total. The number of amides is 2. The van der Waals surface area contributed by atoms with Crippen molar-refractivity contribution in [3.05, 3.63) is 0 Å². The Labute approximate surface area is 91.6 Å². The van der Waals surface area contributed by atoms with Crippen LogP contribution in [-0.4, -0.2) is 61.1 Å². The smallest absolute Gasteiger partial charge is 0.320 e. The number of carbonyl (C=O) groups is 1. The van der Waals surface area contributed by atoms with Crippen molar-refractivity contribution in [3.8, 4) is 0 Å². The molecular formula is C10H22N4O. The Morgan fingerprint density at radius 3 is 2.73 bits per heavy atom. The van der Waals surface area contributed by atoms with Crippen molar-refractivity contribution in [3.63, 3.8) is 0 Å². The van der Waals surface area contributed by atoms with Crippen molar-refractivity contribution in [1.29, 1.82) is 0 Å². The lowest BCUT2D eigenvalue weighted by Gasteiger charge is -2.38. The highest BCUT2D eigenvalue weighted by atomic mass is 16.2. The zero-order valence-electron chi connectivity index (χ0n) is 9.70. The van der Waals surface area contributed by atoms with Crippen LogP contribution in [0.3, 0.4) is 0 Å². The van der Waals surface area contributed by atoms with Crippen LogP contribution in [0.15, 0.2) is 0 Å². The van der Waals surface area contributed by atoms with Gasteiger partial charge in [-0.2, -0.15) is 0 Å². The van der Waals surface area contributed by atoms with E-state index in [2.05, 4.69) is 5.32 Å². The van der Waals surface area contributed by atoms with E-state index in [0.717, 1.165) is 32.7 Å². The highest BCUT2D eigenvalue weighted by Crippen LogP contribution is 2.06. The zero-order chi connectivity index (χ0) is 11.3. The summed E-state index contributed by atoms with van der Waals surface area (Å²) in [4.78, 5) is 15.8. The van der Waals surface area contributed by atoms with Crippen molar-refractivity contribution >= 4 is 6.03 Å². The maximum Gasteiger partial charge on any atom is 0.320 e. The number of piperazine rings is 1. The van der Waals surface area contributed by atoms with Gasteiger partial charge in [-0.1, -0.05) is 0 Å². The number of nitrogens with zero attached hydrogens (tertiary/aromatic N) is 2. The predicted molar refractivity (Wildman–Crippen MR) is 60.7 cm³/mol. The van der Waals surface area contributed by atoms with E-state index in [1.54, 1.807) is 0 Å². The van der Waals surface area contributed by atoms with Crippen LogP contribution >= 0.6 is 0 Å². The van der Waals surface area contributed by atoms with E-state index >= 15 is 0 Å². The maximum atomic E-state index is 12.1. The number of carbonyl (C=O) groups excluding carboxylic acids is 1. The Bertz CT molecular complexity index is 206. The molecule has 88 valence electrons. The summed E-state index contributed by atoms with van der Waals surface area (Å²) in [5, 5.41) is 3.25. The summed E-state index contributed by atoms with van der Waals surface area (Å²) in [5.74, 6) is 0. The molecule has 1 saturated heterocycles. The summed E-state index contributed by atoms with van der Waals surface area (Å²) >= 11 is 0. The largest absolute Gasteiger partial charge is 0.328 e. The van der Waals surface area contributed by atoms with Crippen LogP contribution in [0.4, 0.5) is 4.79 Å². The van der Waals surface area contributed by atoms with Gasteiger partial charge in [-0.15, -0.1) is 0 Å². The van der Waals surface area contributed by atoms with E-state index in [1.807, 2.05) is 23.6 Å². The third-order valence-corrected chi connectivity index (χ3v) is 2.90. The molecule has 0 saturated carbocycles. The minimum atomic E-state index is 0.122. The number of urea groups is 1. The van der Waals surface area contributed by atoms with Crippen LogP contribution in [-0.2, 0) is 0 Å². The molecule has 5 heteroatoms. The Hall–Kier alpha value is -0.810. The first-order valence-electron chi connectivity index (χ1n) is 5.70. The summed E-state index contributed by atoms with van der Waals surface area (Å²) in [6, 6.07) is 0.267. The second-order valence-electron chi connectivity index (χ2n) is 3.74. The number of nitrogens with two attached hydrogens (primary N) is 1. The highest BCUT2D eigenvalue weighted by molar-refractivity contribution is 5.75. The molecular weight excluding hydrogens is 192 g/mol. The van der Waals surface area contributed by atoms with Crippen LogP contribution in [0.25, 0.3) is 0 Å². The number of hydrogen-bond acceptors (Lipinski definition) is 3. The normalized spacial score (nSPS) is 21.5. The van der Waals surface area contributed by atoms with Crippen LogP contribution in [0.1, 0.15) is 13.8 Å². The maximum absolute atomic E-state index is 12.1. The Morgan fingerprint density at radius 2 is 2.20 bits per heavy atom. The lowest BCUT2D eigenvalue weighted by molar-refractivity contribution is 0.126. The molecule has 0 aromatic rings. The molecule has 0 aliphatic carbocycles. The second-order valence-corrected chi connectivity index (χ2v) is 3.74. The Kier molecular flexibility index (Phi) is 4.84. The molecule has 0 spiro atoms. The average molecular weight is 214 g/mol. The molecule has 0 bridgehead atoms. The van der Waals surface area contributed by atoms with E-state index in [-0.39, 0.29) is 12.1 Å². The van der Waals surface area contributed by atoms with Gasteiger partial charge < -0.3 is 20.9 Å². The van der Waals surface area contributed by atoms with E-state index in [1.165, 1.54) is 0 Å². The Morgan fingerprint density at radius 1 is 1.53 bits per heavy atom. The first-order chi connectivity index (χ1) is 7.24. The van der Waals surface area contributed by atoms with Crippen LogP contribution < -0.4 is 11.1 Å².